The number of fused-ring (bicyclic) bond motifs is 1. The fraction of sp³-hybridized carbons (Fsp3) is 0.176. The molecule has 0 aliphatic heterocycles. The minimum Gasteiger partial charge on any atom is -0.340 e. The van der Waals surface area contributed by atoms with Crippen molar-refractivity contribution in [1.29, 1.82) is 0 Å². The molecule has 2 aromatic carbocycles. The van der Waals surface area contributed by atoms with E-state index in [0.717, 1.165) is 28.2 Å². The predicted molar refractivity (Wildman–Crippen MR) is 81.2 cm³/mol. The quantitative estimate of drug-likeness (QED) is 0.765. The SMILES string of the molecule is c1ccc(Nc2nc(C3CC3)nc3ccccc23)cc1. The Kier molecular flexibility index (Phi) is 2.62. The van der Waals surface area contributed by atoms with Gasteiger partial charge in [-0.15, -0.1) is 0 Å². The number of aromatic nitrogens is 2. The summed E-state index contributed by atoms with van der Waals surface area (Å²) in [6, 6.07) is 18.3. The van der Waals surface area contributed by atoms with Gasteiger partial charge in [-0.3, -0.25) is 0 Å². The number of rotatable bonds is 3. The van der Waals surface area contributed by atoms with Crippen LogP contribution in [0.3, 0.4) is 0 Å². The summed E-state index contributed by atoms with van der Waals surface area (Å²) >= 11 is 0. The first-order valence-electron chi connectivity index (χ1n) is 6.99. The van der Waals surface area contributed by atoms with Crippen molar-refractivity contribution in [2.45, 2.75) is 18.8 Å². The van der Waals surface area contributed by atoms with Gasteiger partial charge in [0.25, 0.3) is 0 Å². The van der Waals surface area contributed by atoms with Gasteiger partial charge >= 0.3 is 0 Å². The fourth-order valence-electron chi connectivity index (χ4n) is 2.37. The molecular formula is C17H15N3. The molecule has 1 saturated carbocycles. The van der Waals surface area contributed by atoms with Crippen LogP contribution < -0.4 is 5.32 Å². The Balaban J connectivity index is 1.83. The van der Waals surface area contributed by atoms with Crippen LogP contribution in [-0.2, 0) is 0 Å². The van der Waals surface area contributed by atoms with E-state index >= 15 is 0 Å². The topological polar surface area (TPSA) is 37.8 Å². The number of hydrogen-bond acceptors (Lipinski definition) is 3. The van der Waals surface area contributed by atoms with E-state index in [1.807, 2.05) is 42.5 Å². The van der Waals surface area contributed by atoms with Crippen molar-refractivity contribution < 1.29 is 0 Å². The number of nitrogens with one attached hydrogen (secondary N) is 1. The molecule has 1 N–H and O–H groups in total. The largest absolute Gasteiger partial charge is 0.340 e. The van der Waals surface area contributed by atoms with Crippen molar-refractivity contribution in [3.63, 3.8) is 0 Å². The Labute approximate surface area is 117 Å². The summed E-state index contributed by atoms with van der Waals surface area (Å²) in [7, 11) is 0. The number of hydrogen-bond donors (Lipinski definition) is 1. The first-order valence-corrected chi connectivity index (χ1v) is 6.99. The number of anilines is 2. The van der Waals surface area contributed by atoms with Gasteiger partial charge in [-0.1, -0.05) is 30.3 Å². The van der Waals surface area contributed by atoms with E-state index in [1.165, 1.54) is 12.8 Å². The molecule has 0 unspecified atom stereocenters. The van der Waals surface area contributed by atoms with E-state index in [1.54, 1.807) is 0 Å². The van der Waals surface area contributed by atoms with Crippen LogP contribution in [0.25, 0.3) is 10.9 Å². The minimum atomic E-state index is 0.552. The first kappa shape index (κ1) is 11.4. The summed E-state index contributed by atoms with van der Waals surface area (Å²) < 4.78 is 0. The van der Waals surface area contributed by atoms with Gasteiger partial charge in [-0.05, 0) is 37.1 Å². The van der Waals surface area contributed by atoms with Crippen molar-refractivity contribution in [2.24, 2.45) is 0 Å². The molecule has 1 heterocycles. The molecule has 3 aromatic rings. The lowest BCUT2D eigenvalue weighted by Gasteiger charge is -2.10. The molecule has 0 bridgehead atoms. The van der Waals surface area contributed by atoms with Crippen molar-refractivity contribution in [3.05, 3.63) is 60.4 Å². The fourth-order valence-corrected chi connectivity index (χ4v) is 2.37. The molecule has 1 fully saturated rings. The molecule has 3 heteroatoms. The van der Waals surface area contributed by atoms with Crippen LogP contribution in [0.15, 0.2) is 54.6 Å². The number of nitrogens with zero attached hydrogens (tertiary/aromatic N) is 2. The molecule has 0 amide bonds. The normalized spacial score (nSPS) is 14.4. The number of benzene rings is 2. The highest BCUT2D eigenvalue weighted by atomic mass is 15.0. The molecule has 3 nitrogen and oxygen atoms in total. The lowest BCUT2D eigenvalue weighted by Crippen LogP contribution is -2.00. The molecule has 1 aromatic heterocycles. The van der Waals surface area contributed by atoms with E-state index in [-0.39, 0.29) is 0 Å². The van der Waals surface area contributed by atoms with Gasteiger partial charge in [-0.2, -0.15) is 0 Å². The van der Waals surface area contributed by atoms with Gasteiger partial charge in [0.05, 0.1) is 5.52 Å². The van der Waals surface area contributed by atoms with E-state index in [9.17, 15) is 0 Å². The molecular weight excluding hydrogens is 246 g/mol. The first-order chi connectivity index (χ1) is 9.90. The van der Waals surface area contributed by atoms with Crippen LogP contribution in [0.2, 0.25) is 0 Å². The smallest absolute Gasteiger partial charge is 0.142 e. The summed E-state index contributed by atoms with van der Waals surface area (Å²) in [5, 5.41) is 4.49. The molecule has 98 valence electrons. The number of para-hydroxylation sites is 2. The van der Waals surface area contributed by atoms with Crippen LogP contribution >= 0.6 is 0 Å². The van der Waals surface area contributed by atoms with E-state index in [0.29, 0.717) is 5.92 Å². The predicted octanol–water partition coefficient (Wildman–Crippen LogP) is 4.25. The lowest BCUT2D eigenvalue weighted by atomic mass is 10.2. The molecule has 0 atom stereocenters. The Hall–Kier alpha value is -2.42. The van der Waals surface area contributed by atoms with Crippen molar-refractivity contribution >= 4 is 22.4 Å². The Morgan fingerprint density at radius 2 is 1.60 bits per heavy atom. The van der Waals surface area contributed by atoms with Gasteiger partial charge in [0.1, 0.15) is 11.6 Å². The van der Waals surface area contributed by atoms with Gasteiger partial charge in [0.15, 0.2) is 0 Å². The molecule has 0 saturated heterocycles. The third-order valence-electron chi connectivity index (χ3n) is 3.60. The van der Waals surface area contributed by atoms with Crippen molar-refractivity contribution in [2.75, 3.05) is 5.32 Å². The molecule has 1 aliphatic carbocycles. The van der Waals surface area contributed by atoms with Crippen LogP contribution in [0, 0.1) is 0 Å². The highest BCUT2D eigenvalue weighted by Gasteiger charge is 2.27. The third kappa shape index (κ3) is 2.11. The van der Waals surface area contributed by atoms with Crippen LogP contribution in [-0.4, -0.2) is 9.97 Å². The third-order valence-corrected chi connectivity index (χ3v) is 3.60. The van der Waals surface area contributed by atoms with Crippen LogP contribution in [0.5, 0.6) is 0 Å². The molecule has 1 aliphatic rings. The zero-order valence-electron chi connectivity index (χ0n) is 11.1. The average Bonchev–Trinajstić information content (AvgIpc) is 3.33. The molecule has 4 rings (SSSR count). The van der Waals surface area contributed by atoms with Gasteiger partial charge in [0.2, 0.25) is 0 Å². The zero-order valence-corrected chi connectivity index (χ0v) is 11.1. The van der Waals surface area contributed by atoms with Crippen molar-refractivity contribution in [1.82, 2.24) is 9.97 Å². The maximum absolute atomic E-state index is 4.74. The highest BCUT2D eigenvalue weighted by molar-refractivity contribution is 5.90. The summed E-state index contributed by atoms with van der Waals surface area (Å²) in [6.45, 7) is 0. The summed E-state index contributed by atoms with van der Waals surface area (Å²) in [4.78, 5) is 9.42. The second-order valence-corrected chi connectivity index (χ2v) is 5.21. The summed E-state index contributed by atoms with van der Waals surface area (Å²) in [6.07, 6.45) is 2.42. The van der Waals surface area contributed by atoms with Crippen molar-refractivity contribution in [3.8, 4) is 0 Å². The molecule has 0 radical (unpaired) electrons. The zero-order chi connectivity index (χ0) is 13.4. The van der Waals surface area contributed by atoms with Gasteiger partial charge in [0, 0.05) is 17.0 Å². The monoisotopic (exact) mass is 261 g/mol. The van der Waals surface area contributed by atoms with Crippen LogP contribution in [0.4, 0.5) is 11.5 Å². The van der Waals surface area contributed by atoms with Gasteiger partial charge in [-0.25, -0.2) is 9.97 Å². The van der Waals surface area contributed by atoms with Gasteiger partial charge < -0.3 is 5.32 Å². The summed E-state index contributed by atoms with van der Waals surface area (Å²) in [5.41, 5.74) is 2.07. The molecule has 0 spiro atoms. The summed E-state index contributed by atoms with van der Waals surface area (Å²) in [5.74, 6) is 2.43. The second kappa shape index (κ2) is 4.60. The van der Waals surface area contributed by atoms with Crippen LogP contribution in [0.1, 0.15) is 24.6 Å². The second-order valence-electron chi connectivity index (χ2n) is 5.21. The Morgan fingerprint density at radius 1 is 0.850 bits per heavy atom. The Morgan fingerprint density at radius 3 is 2.40 bits per heavy atom. The molecule has 20 heavy (non-hydrogen) atoms. The maximum atomic E-state index is 4.74. The Bertz CT molecular complexity index is 749. The standard InChI is InChI=1S/C17H15N3/c1-2-6-13(7-3-1)18-17-14-8-4-5-9-15(14)19-16(20-17)12-10-11-12/h1-9,12H,10-11H2,(H,18,19,20). The van der Waals surface area contributed by atoms with E-state index < -0.39 is 0 Å². The lowest BCUT2D eigenvalue weighted by molar-refractivity contribution is 0.951. The minimum absolute atomic E-state index is 0.552. The highest BCUT2D eigenvalue weighted by Crippen LogP contribution is 2.39. The maximum Gasteiger partial charge on any atom is 0.142 e. The van der Waals surface area contributed by atoms with E-state index in [4.69, 9.17) is 4.98 Å². The van der Waals surface area contributed by atoms with E-state index in [2.05, 4.69) is 22.4 Å². The average molecular weight is 261 g/mol.